The van der Waals surface area contributed by atoms with Gasteiger partial charge >= 0.3 is 0 Å². The van der Waals surface area contributed by atoms with E-state index >= 15 is 0 Å². The quantitative estimate of drug-likeness (QED) is 0.627. The Morgan fingerprint density at radius 2 is 2.17 bits per heavy atom. The molecular formula is C12H11ClN2O2S. The third-order valence-electron chi connectivity index (χ3n) is 2.92. The molecule has 0 saturated carbocycles. The van der Waals surface area contributed by atoms with Gasteiger partial charge in [-0.15, -0.1) is 11.3 Å². The Hall–Kier alpha value is -1.17. The molecule has 1 aliphatic heterocycles. The van der Waals surface area contributed by atoms with E-state index in [2.05, 4.69) is 9.88 Å². The molecule has 0 aliphatic carbocycles. The van der Waals surface area contributed by atoms with Gasteiger partial charge in [-0.25, -0.2) is 4.98 Å². The topological polar surface area (TPSA) is 42.4 Å². The number of pyridine rings is 1. The lowest BCUT2D eigenvalue weighted by Gasteiger charge is -2.29. The van der Waals surface area contributed by atoms with E-state index in [1.807, 2.05) is 6.07 Å². The maximum atomic E-state index is 10.9. The number of anilines is 1. The zero-order valence-corrected chi connectivity index (χ0v) is 11.1. The molecule has 6 heteroatoms. The number of fused-ring (bicyclic) bond motifs is 1. The predicted molar refractivity (Wildman–Crippen MR) is 73.0 cm³/mol. The van der Waals surface area contributed by atoms with Crippen molar-refractivity contribution < 1.29 is 9.53 Å². The van der Waals surface area contributed by atoms with Crippen LogP contribution in [0.15, 0.2) is 12.1 Å². The summed E-state index contributed by atoms with van der Waals surface area (Å²) >= 11 is 7.50. The van der Waals surface area contributed by atoms with Crippen LogP contribution in [0.25, 0.3) is 10.2 Å². The van der Waals surface area contributed by atoms with Crippen molar-refractivity contribution in [3.05, 3.63) is 22.2 Å². The Morgan fingerprint density at radius 3 is 2.89 bits per heavy atom. The molecule has 94 valence electrons. The molecule has 2 aromatic heterocycles. The standard InChI is InChI=1S/C12H11ClN2O2S/c13-11-6-10(15-1-3-17-4-2-15)12-9(14-11)5-8(7-16)18-12/h5-7H,1-4H2. The van der Waals surface area contributed by atoms with Gasteiger partial charge in [-0.3, -0.25) is 4.79 Å². The molecule has 0 amide bonds. The molecular weight excluding hydrogens is 272 g/mol. The van der Waals surface area contributed by atoms with Crippen LogP contribution in [0.1, 0.15) is 9.67 Å². The molecule has 1 saturated heterocycles. The Kier molecular flexibility index (Phi) is 3.20. The number of halogens is 1. The van der Waals surface area contributed by atoms with Gasteiger partial charge in [-0.05, 0) is 6.07 Å². The zero-order chi connectivity index (χ0) is 12.5. The van der Waals surface area contributed by atoms with Gasteiger partial charge in [0.2, 0.25) is 0 Å². The van der Waals surface area contributed by atoms with Crippen LogP contribution >= 0.6 is 22.9 Å². The van der Waals surface area contributed by atoms with Crippen LogP contribution < -0.4 is 4.90 Å². The number of hydrogen-bond acceptors (Lipinski definition) is 5. The second kappa shape index (κ2) is 4.84. The number of aldehydes is 1. The molecule has 2 aromatic rings. The number of aromatic nitrogens is 1. The minimum absolute atomic E-state index is 0.458. The first-order valence-electron chi connectivity index (χ1n) is 5.66. The Morgan fingerprint density at radius 1 is 1.39 bits per heavy atom. The molecule has 1 aliphatic rings. The van der Waals surface area contributed by atoms with Crippen molar-refractivity contribution in [1.29, 1.82) is 0 Å². The van der Waals surface area contributed by atoms with Crippen molar-refractivity contribution in [3.8, 4) is 0 Å². The molecule has 3 heterocycles. The summed E-state index contributed by atoms with van der Waals surface area (Å²) < 4.78 is 6.36. The van der Waals surface area contributed by atoms with Crippen molar-refractivity contribution in [2.24, 2.45) is 0 Å². The van der Waals surface area contributed by atoms with E-state index in [-0.39, 0.29) is 0 Å². The number of carbonyl (C=O) groups excluding carboxylic acids is 1. The van der Waals surface area contributed by atoms with Crippen LogP contribution in [-0.2, 0) is 4.74 Å². The smallest absolute Gasteiger partial charge is 0.160 e. The zero-order valence-electron chi connectivity index (χ0n) is 9.56. The third kappa shape index (κ3) is 2.09. The number of carbonyl (C=O) groups is 1. The predicted octanol–water partition coefficient (Wildman–Crippen LogP) is 2.60. The summed E-state index contributed by atoms with van der Waals surface area (Å²) in [7, 11) is 0. The molecule has 0 atom stereocenters. The highest BCUT2D eigenvalue weighted by Gasteiger charge is 2.17. The normalized spacial score (nSPS) is 16.2. The fraction of sp³-hybridized carbons (Fsp3) is 0.333. The number of hydrogen-bond donors (Lipinski definition) is 0. The van der Waals surface area contributed by atoms with Crippen LogP contribution in [0.3, 0.4) is 0 Å². The SMILES string of the molecule is O=Cc1cc2nc(Cl)cc(N3CCOCC3)c2s1. The number of rotatable bonds is 2. The van der Waals surface area contributed by atoms with E-state index in [1.54, 1.807) is 6.07 Å². The van der Waals surface area contributed by atoms with E-state index in [1.165, 1.54) is 11.3 Å². The maximum Gasteiger partial charge on any atom is 0.160 e. The molecule has 4 nitrogen and oxygen atoms in total. The summed E-state index contributed by atoms with van der Waals surface area (Å²) in [6.07, 6.45) is 0.851. The van der Waals surface area contributed by atoms with E-state index in [0.29, 0.717) is 23.2 Å². The fourth-order valence-corrected chi connectivity index (χ4v) is 3.24. The summed E-state index contributed by atoms with van der Waals surface area (Å²) in [5, 5.41) is 0.458. The van der Waals surface area contributed by atoms with Crippen molar-refractivity contribution in [3.63, 3.8) is 0 Å². The number of ether oxygens (including phenoxy) is 1. The fourth-order valence-electron chi connectivity index (χ4n) is 2.09. The molecule has 0 spiro atoms. The summed E-state index contributed by atoms with van der Waals surface area (Å²) in [5.41, 5.74) is 1.84. The number of morpholine rings is 1. The van der Waals surface area contributed by atoms with Crippen LogP contribution in [0.4, 0.5) is 5.69 Å². The Balaban J connectivity index is 2.13. The van der Waals surface area contributed by atoms with Crippen molar-refractivity contribution in [2.75, 3.05) is 31.2 Å². The van der Waals surface area contributed by atoms with Gasteiger partial charge in [0, 0.05) is 19.2 Å². The van der Waals surface area contributed by atoms with Crippen LogP contribution in [0.5, 0.6) is 0 Å². The summed E-state index contributed by atoms with van der Waals surface area (Å²) in [4.78, 5) is 18.0. The van der Waals surface area contributed by atoms with Gasteiger partial charge in [0.15, 0.2) is 6.29 Å². The van der Waals surface area contributed by atoms with Crippen LogP contribution in [-0.4, -0.2) is 37.6 Å². The maximum absolute atomic E-state index is 10.9. The molecule has 0 unspecified atom stereocenters. The van der Waals surface area contributed by atoms with Crippen LogP contribution in [0, 0.1) is 0 Å². The monoisotopic (exact) mass is 282 g/mol. The van der Waals surface area contributed by atoms with Crippen molar-refractivity contribution in [1.82, 2.24) is 4.98 Å². The van der Waals surface area contributed by atoms with E-state index in [0.717, 1.165) is 35.3 Å². The molecule has 0 radical (unpaired) electrons. The molecule has 0 N–H and O–H groups in total. The second-order valence-electron chi connectivity index (χ2n) is 4.04. The van der Waals surface area contributed by atoms with Crippen LogP contribution in [0.2, 0.25) is 5.15 Å². The average Bonchev–Trinajstić information content (AvgIpc) is 2.81. The first-order chi connectivity index (χ1) is 8.78. The van der Waals surface area contributed by atoms with Gasteiger partial charge < -0.3 is 9.64 Å². The van der Waals surface area contributed by atoms with Crippen molar-refractivity contribution >= 4 is 45.1 Å². The van der Waals surface area contributed by atoms with Gasteiger partial charge in [0.1, 0.15) is 5.15 Å². The summed E-state index contributed by atoms with van der Waals surface area (Å²) in [6, 6.07) is 3.64. The molecule has 3 rings (SSSR count). The molecule has 18 heavy (non-hydrogen) atoms. The average molecular weight is 283 g/mol. The minimum atomic E-state index is 0.458. The third-order valence-corrected chi connectivity index (χ3v) is 4.18. The molecule has 0 bridgehead atoms. The number of nitrogens with zero attached hydrogens (tertiary/aromatic N) is 2. The van der Waals surface area contributed by atoms with E-state index < -0.39 is 0 Å². The summed E-state index contributed by atoms with van der Waals surface area (Å²) in [5.74, 6) is 0. The highest BCUT2D eigenvalue weighted by atomic mass is 35.5. The van der Waals surface area contributed by atoms with Gasteiger partial charge in [0.05, 0.1) is 34.0 Å². The van der Waals surface area contributed by atoms with Gasteiger partial charge in [-0.1, -0.05) is 11.6 Å². The lowest BCUT2D eigenvalue weighted by molar-refractivity contribution is 0.112. The number of thiophene rings is 1. The van der Waals surface area contributed by atoms with E-state index in [4.69, 9.17) is 16.3 Å². The lowest BCUT2D eigenvalue weighted by Crippen LogP contribution is -2.36. The Bertz CT molecular complexity index is 593. The highest BCUT2D eigenvalue weighted by molar-refractivity contribution is 7.21. The first kappa shape index (κ1) is 11.9. The largest absolute Gasteiger partial charge is 0.378 e. The highest BCUT2D eigenvalue weighted by Crippen LogP contribution is 2.34. The van der Waals surface area contributed by atoms with Gasteiger partial charge in [-0.2, -0.15) is 0 Å². The van der Waals surface area contributed by atoms with Crippen molar-refractivity contribution in [2.45, 2.75) is 0 Å². The minimum Gasteiger partial charge on any atom is -0.378 e. The lowest BCUT2D eigenvalue weighted by atomic mass is 10.3. The second-order valence-corrected chi connectivity index (χ2v) is 5.52. The van der Waals surface area contributed by atoms with Gasteiger partial charge in [0.25, 0.3) is 0 Å². The summed E-state index contributed by atoms with van der Waals surface area (Å²) in [6.45, 7) is 3.11. The first-order valence-corrected chi connectivity index (χ1v) is 6.85. The Labute approximate surface area is 113 Å². The molecule has 1 fully saturated rings. The van der Waals surface area contributed by atoms with E-state index in [9.17, 15) is 4.79 Å². The molecule has 0 aromatic carbocycles.